The lowest BCUT2D eigenvalue weighted by atomic mass is 10.0. The molecule has 0 bridgehead atoms. The predicted octanol–water partition coefficient (Wildman–Crippen LogP) is 4.94. The van der Waals surface area contributed by atoms with Gasteiger partial charge in [-0.15, -0.1) is 4.52 Å². The summed E-state index contributed by atoms with van der Waals surface area (Å²) in [6, 6.07) is 8.69. The predicted molar refractivity (Wildman–Crippen MR) is 92.8 cm³/mol. The number of nitrogens with zero attached hydrogens (tertiary/aromatic N) is 5. The van der Waals surface area contributed by atoms with Crippen LogP contribution in [0.1, 0.15) is 0 Å². The monoisotopic (exact) mass is 367 g/mol. The van der Waals surface area contributed by atoms with Gasteiger partial charge in [-0.3, -0.25) is 4.98 Å². The van der Waals surface area contributed by atoms with Crippen molar-refractivity contribution in [1.82, 2.24) is 19.6 Å². The first-order chi connectivity index (χ1) is 12.6. The van der Waals surface area contributed by atoms with Crippen molar-refractivity contribution in [2.45, 2.75) is 0 Å². The molecule has 0 amide bonds. The summed E-state index contributed by atoms with van der Waals surface area (Å²) in [4.78, 5) is 11.7. The van der Waals surface area contributed by atoms with Crippen LogP contribution in [0.5, 0.6) is 0 Å². The molecule has 0 radical (unpaired) electrons. The van der Waals surface area contributed by atoms with Crippen molar-refractivity contribution in [2.24, 2.45) is 0 Å². The fourth-order valence-corrected chi connectivity index (χ4v) is 2.78. The Labute approximate surface area is 151 Å². The zero-order valence-corrected chi connectivity index (χ0v) is 13.7. The van der Waals surface area contributed by atoms with Gasteiger partial charge >= 0.3 is 0 Å². The van der Waals surface area contributed by atoms with Crippen LogP contribution in [-0.4, -0.2) is 19.6 Å². The molecule has 4 aromatic rings. The van der Waals surface area contributed by atoms with Crippen molar-refractivity contribution in [3.63, 3.8) is 0 Å². The zero-order valence-electron chi connectivity index (χ0n) is 13.0. The number of imidazole rings is 1. The summed E-state index contributed by atoms with van der Waals surface area (Å²) in [5, 5.41) is 4.20. The molecule has 0 saturated heterocycles. The number of pyridine rings is 1. The van der Waals surface area contributed by atoms with Crippen molar-refractivity contribution < 1.29 is 8.78 Å². The second kappa shape index (κ2) is 6.17. The van der Waals surface area contributed by atoms with Gasteiger partial charge in [0, 0.05) is 29.5 Å². The van der Waals surface area contributed by atoms with Crippen molar-refractivity contribution in [3.05, 3.63) is 76.9 Å². The fraction of sp³-hybridized carbons (Fsp3) is 0. The van der Waals surface area contributed by atoms with E-state index in [0.29, 0.717) is 16.9 Å². The average Bonchev–Trinajstić information content (AvgIpc) is 3.07. The van der Waals surface area contributed by atoms with E-state index in [-0.39, 0.29) is 22.1 Å². The third kappa shape index (κ3) is 2.57. The van der Waals surface area contributed by atoms with Crippen LogP contribution in [0, 0.1) is 18.2 Å². The van der Waals surface area contributed by atoms with Crippen molar-refractivity contribution in [3.8, 4) is 22.5 Å². The normalized spacial score (nSPS) is 10.8. The second-order valence-electron chi connectivity index (χ2n) is 5.36. The highest BCUT2D eigenvalue weighted by atomic mass is 35.5. The van der Waals surface area contributed by atoms with E-state index in [4.69, 9.17) is 18.2 Å². The van der Waals surface area contributed by atoms with Gasteiger partial charge in [0.05, 0.1) is 16.9 Å². The van der Waals surface area contributed by atoms with E-state index in [1.54, 1.807) is 24.3 Å². The minimum Gasteiger partial charge on any atom is -0.360 e. The number of hydrogen-bond acceptors (Lipinski definition) is 3. The third-order valence-electron chi connectivity index (χ3n) is 3.81. The Hall–Kier alpha value is -3.37. The van der Waals surface area contributed by atoms with Crippen molar-refractivity contribution >= 4 is 23.1 Å². The maximum absolute atomic E-state index is 14.3. The van der Waals surface area contributed by atoms with E-state index in [0.717, 1.165) is 6.07 Å². The smallest absolute Gasteiger partial charge is 0.275 e. The lowest BCUT2D eigenvalue weighted by Crippen LogP contribution is -1.98. The lowest BCUT2D eigenvalue weighted by Gasteiger charge is -2.09. The van der Waals surface area contributed by atoms with E-state index in [9.17, 15) is 8.78 Å². The Morgan fingerprint density at radius 3 is 2.69 bits per heavy atom. The molecule has 0 unspecified atom stereocenters. The van der Waals surface area contributed by atoms with Crippen molar-refractivity contribution in [2.75, 3.05) is 0 Å². The summed E-state index contributed by atoms with van der Waals surface area (Å²) < 4.78 is 29.2. The van der Waals surface area contributed by atoms with Gasteiger partial charge in [-0.25, -0.2) is 13.8 Å². The molecule has 126 valence electrons. The molecule has 0 N–H and O–H groups in total. The average molecular weight is 368 g/mol. The molecule has 8 heteroatoms. The number of aromatic nitrogens is 4. The molecule has 26 heavy (non-hydrogen) atoms. The molecule has 0 spiro atoms. The summed E-state index contributed by atoms with van der Waals surface area (Å²) in [5.41, 5.74) is 1.82. The molecule has 5 nitrogen and oxygen atoms in total. The van der Waals surface area contributed by atoms with E-state index >= 15 is 0 Å². The SMILES string of the molecule is [C-]#[N+]c1cnc2ccc(-c3cccnc3-c3cc(Cl)c(F)cc3F)nn12. The van der Waals surface area contributed by atoms with Gasteiger partial charge in [-0.1, -0.05) is 23.3 Å². The van der Waals surface area contributed by atoms with Crippen LogP contribution in [0.15, 0.2) is 48.8 Å². The van der Waals surface area contributed by atoms with Gasteiger partial charge in [-0.2, -0.15) is 0 Å². The Kier molecular flexibility index (Phi) is 3.82. The topological polar surface area (TPSA) is 47.4 Å². The number of halogens is 3. The molecule has 1 aromatic carbocycles. The molecule has 4 rings (SSSR count). The Morgan fingerprint density at radius 2 is 1.88 bits per heavy atom. The maximum atomic E-state index is 14.3. The number of rotatable bonds is 2. The molecule has 0 saturated carbocycles. The summed E-state index contributed by atoms with van der Waals surface area (Å²) in [6.45, 7) is 7.18. The maximum Gasteiger partial charge on any atom is 0.275 e. The molecule has 3 aromatic heterocycles. The Balaban J connectivity index is 1.95. The highest BCUT2D eigenvalue weighted by Gasteiger charge is 2.18. The van der Waals surface area contributed by atoms with Crippen LogP contribution in [0.3, 0.4) is 0 Å². The minimum absolute atomic E-state index is 0.0601. The van der Waals surface area contributed by atoms with Gasteiger partial charge in [-0.05, 0) is 24.3 Å². The summed E-state index contributed by atoms with van der Waals surface area (Å²) in [6.07, 6.45) is 2.92. The highest BCUT2D eigenvalue weighted by molar-refractivity contribution is 6.31. The number of hydrogen-bond donors (Lipinski definition) is 0. The van der Waals surface area contributed by atoms with Gasteiger partial charge in [0.2, 0.25) is 5.65 Å². The third-order valence-corrected chi connectivity index (χ3v) is 4.10. The molecular weight excluding hydrogens is 360 g/mol. The Bertz CT molecular complexity index is 1200. The van der Waals surface area contributed by atoms with E-state index in [1.807, 2.05) is 0 Å². The lowest BCUT2D eigenvalue weighted by molar-refractivity contribution is 0.585. The molecule has 3 heterocycles. The summed E-state index contributed by atoms with van der Waals surface area (Å²) >= 11 is 5.81. The molecule has 0 aliphatic rings. The van der Waals surface area contributed by atoms with E-state index < -0.39 is 11.6 Å². The Morgan fingerprint density at radius 1 is 1.04 bits per heavy atom. The van der Waals surface area contributed by atoms with Gasteiger partial charge < -0.3 is 4.85 Å². The van der Waals surface area contributed by atoms with Crippen LogP contribution in [0.25, 0.3) is 33.0 Å². The van der Waals surface area contributed by atoms with Crippen LogP contribution >= 0.6 is 11.6 Å². The van der Waals surface area contributed by atoms with Gasteiger partial charge in [0.1, 0.15) is 17.3 Å². The van der Waals surface area contributed by atoms with Crippen molar-refractivity contribution in [1.29, 1.82) is 0 Å². The molecule has 0 aliphatic carbocycles. The second-order valence-corrected chi connectivity index (χ2v) is 5.77. The first-order valence-electron chi connectivity index (χ1n) is 7.41. The van der Waals surface area contributed by atoms with Crippen LogP contribution in [0.4, 0.5) is 14.6 Å². The minimum atomic E-state index is -0.843. The van der Waals surface area contributed by atoms with Crippen LogP contribution in [0.2, 0.25) is 5.02 Å². The number of benzene rings is 1. The quantitative estimate of drug-likeness (QED) is 0.372. The number of fused-ring (bicyclic) bond motifs is 1. The van der Waals surface area contributed by atoms with Crippen LogP contribution < -0.4 is 0 Å². The van der Waals surface area contributed by atoms with Gasteiger partial charge in [0.25, 0.3) is 5.82 Å². The summed E-state index contributed by atoms with van der Waals surface area (Å²) in [5.74, 6) is -1.37. The van der Waals surface area contributed by atoms with E-state index in [1.165, 1.54) is 23.0 Å². The van der Waals surface area contributed by atoms with Crippen LogP contribution in [-0.2, 0) is 0 Å². The highest BCUT2D eigenvalue weighted by Crippen LogP contribution is 2.33. The fourth-order valence-electron chi connectivity index (χ4n) is 2.61. The van der Waals surface area contributed by atoms with Gasteiger partial charge in [0.15, 0.2) is 0 Å². The first-order valence-corrected chi connectivity index (χ1v) is 7.79. The molecule has 0 aliphatic heterocycles. The largest absolute Gasteiger partial charge is 0.360 e. The standard InChI is InChI=1S/C18H8ClF2N5/c1-22-17-9-24-16-5-4-15(25-26(16)17)10-3-2-6-23-18(10)11-7-12(19)14(21)8-13(11)20/h2-9H. The summed E-state index contributed by atoms with van der Waals surface area (Å²) in [7, 11) is 0. The van der Waals surface area contributed by atoms with E-state index in [2.05, 4.69) is 19.9 Å². The molecular formula is C18H8ClF2N5. The first kappa shape index (κ1) is 16.1. The molecule has 0 fully saturated rings. The molecule has 0 atom stereocenters. The zero-order chi connectivity index (χ0) is 18.3.